The Morgan fingerprint density at radius 3 is 2.38 bits per heavy atom. The van der Waals surface area contributed by atoms with Gasteiger partial charge in [0.2, 0.25) is 5.91 Å². The molecule has 0 spiro atoms. The Morgan fingerprint density at radius 2 is 1.65 bits per heavy atom. The predicted molar refractivity (Wildman–Crippen MR) is 141 cm³/mol. The van der Waals surface area contributed by atoms with Crippen LogP contribution in [0.1, 0.15) is 82.8 Å². The minimum Gasteiger partial charge on any atom is -0.481 e. The quantitative estimate of drug-likeness (QED) is 0.264. The van der Waals surface area contributed by atoms with Gasteiger partial charge in [0.05, 0.1) is 0 Å². The van der Waals surface area contributed by atoms with Gasteiger partial charge in [0, 0.05) is 44.2 Å². The van der Waals surface area contributed by atoms with Crippen LogP contribution in [0.15, 0.2) is 42.5 Å². The van der Waals surface area contributed by atoms with Gasteiger partial charge in [-0.05, 0) is 48.1 Å². The first-order valence-electron chi connectivity index (χ1n) is 12.9. The van der Waals surface area contributed by atoms with E-state index in [0.29, 0.717) is 19.4 Å². The molecule has 34 heavy (non-hydrogen) atoms. The van der Waals surface area contributed by atoms with Crippen LogP contribution in [0.4, 0.5) is 5.69 Å². The summed E-state index contributed by atoms with van der Waals surface area (Å²) in [6.45, 7) is 5.83. The van der Waals surface area contributed by atoms with Crippen LogP contribution in [0.25, 0.3) is 11.1 Å². The van der Waals surface area contributed by atoms with Crippen molar-refractivity contribution in [2.45, 2.75) is 84.6 Å². The normalized spacial score (nSPS) is 10.8. The summed E-state index contributed by atoms with van der Waals surface area (Å²) in [5.41, 5.74) is 5.35. The van der Waals surface area contributed by atoms with Crippen LogP contribution < -0.4 is 5.32 Å². The molecule has 0 aliphatic rings. The largest absolute Gasteiger partial charge is 0.481 e. The minimum atomic E-state index is -0.781. The fourth-order valence-corrected chi connectivity index (χ4v) is 4.07. The van der Waals surface area contributed by atoms with Crippen LogP contribution in [0.5, 0.6) is 0 Å². The zero-order valence-electron chi connectivity index (χ0n) is 21.2. The molecule has 0 aliphatic heterocycles. The summed E-state index contributed by atoms with van der Waals surface area (Å²) in [6.07, 6.45) is 9.19. The maximum Gasteiger partial charge on any atom is 0.303 e. The second kappa shape index (κ2) is 15.2. The highest BCUT2D eigenvalue weighted by Gasteiger charge is 2.12. The van der Waals surface area contributed by atoms with E-state index < -0.39 is 5.97 Å². The van der Waals surface area contributed by atoms with Gasteiger partial charge in [-0.2, -0.15) is 0 Å². The number of unbranched alkanes of at least 4 members (excludes halogenated alkanes) is 5. The van der Waals surface area contributed by atoms with Crippen molar-refractivity contribution in [2.24, 2.45) is 0 Å². The monoisotopic (exact) mass is 466 g/mol. The Balaban J connectivity index is 2.11. The van der Waals surface area contributed by atoms with E-state index in [9.17, 15) is 9.59 Å². The zero-order valence-corrected chi connectivity index (χ0v) is 21.2. The molecule has 0 saturated carbocycles. The highest BCUT2D eigenvalue weighted by Crippen LogP contribution is 2.30. The number of nitrogens with zero attached hydrogens (tertiary/aromatic N) is 1. The van der Waals surface area contributed by atoms with Gasteiger partial charge in [0.25, 0.3) is 0 Å². The van der Waals surface area contributed by atoms with Gasteiger partial charge in [-0.25, -0.2) is 0 Å². The number of anilines is 1. The van der Waals surface area contributed by atoms with Gasteiger partial charge in [-0.15, -0.1) is 0 Å². The molecule has 0 atom stereocenters. The molecular weight excluding hydrogens is 424 g/mol. The number of carbonyl (C=O) groups excluding carboxylic acids is 1. The summed E-state index contributed by atoms with van der Waals surface area (Å²) in [7, 11) is 1.88. The van der Waals surface area contributed by atoms with Crippen LogP contribution in [-0.4, -0.2) is 35.5 Å². The van der Waals surface area contributed by atoms with Crippen LogP contribution in [-0.2, 0) is 22.6 Å². The van der Waals surface area contributed by atoms with Crippen molar-refractivity contribution in [1.29, 1.82) is 0 Å². The number of benzene rings is 2. The van der Waals surface area contributed by atoms with E-state index in [2.05, 4.69) is 49.5 Å². The first-order chi connectivity index (χ1) is 16.4. The van der Waals surface area contributed by atoms with E-state index >= 15 is 0 Å². The topological polar surface area (TPSA) is 69.6 Å². The highest BCUT2D eigenvalue weighted by molar-refractivity contribution is 5.79. The molecule has 2 rings (SSSR count). The smallest absolute Gasteiger partial charge is 0.303 e. The summed E-state index contributed by atoms with van der Waals surface area (Å²) >= 11 is 0. The first kappa shape index (κ1) is 27.4. The summed E-state index contributed by atoms with van der Waals surface area (Å²) in [5, 5.41) is 12.6. The second-order valence-corrected chi connectivity index (χ2v) is 9.17. The van der Waals surface area contributed by atoms with E-state index in [1.54, 1.807) is 0 Å². The van der Waals surface area contributed by atoms with Crippen molar-refractivity contribution in [1.82, 2.24) is 4.90 Å². The number of amides is 1. The SMILES string of the molecule is CCCCCCCC(=O)N(C)Cc1cccc(-c2ccc(CCC(=O)O)cc2NCCCC)c1. The number of carboxylic acids is 1. The van der Waals surface area contributed by atoms with Crippen molar-refractivity contribution in [2.75, 3.05) is 18.9 Å². The second-order valence-electron chi connectivity index (χ2n) is 9.17. The van der Waals surface area contributed by atoms with E-state index in [-0.39, 0.29) is 12.3 Å². The maximum atomic E-state index is 12.6. The lowest BCUT2D eigenvalue weighted by atomic mass is 9.98. The predicted octanol–water partition coefficient (Wildman–Crippen LogP) is 6.90. The number of carboxylic acid groups (broad SMARTS) is 1. The minimum absolute atomic E-state index is 0.127. The lowest BCUT2D eigenvalue weighted by molar-refractivity contribution is -0.137. The van der Waals surface area contributed by atoms with Crippen molar-refractivity contribution < 1.29 is 14.7 Å². The van der Waals surface area contributed by atoms with Gasteiger partial charge in [-0.3, -0.25) is 9.59 Å². The van der Waals surface area contributed by atoms with Gasteiger partial charge in [-0.1, -0.05) is 76.3 Å². The third-order valence-corrected chi connectivity index (χ3v) is 6.13. The van der Waals surface area contributed by atoms with Gasteiger partial charge in [0.15, 0.2) is 0 Å². The Labute approximate surface area is 205 Å². The summed E-state index contributed by atoms with van der Waals surface area (Å²) in [5.74, 6) is -0.580. The molecule has 0 bridgehead atoms. The third kappa shape index (κ3) is 9.58. The molecule has 0 aromatic heterocycles. The lowest BCUT2D eigenvalue weighted by Gasteiger charge is -2.19. The standard InChI is InChI=1S/C29H42N2O3/c1-4-6-8-9-10-14-28(32)31(3)22-24-12-11-13-25(20-24)26-17-15-23(16-18-29(33)34)21-27(26)30-19-7-5-2/h11-13,15,17,20-21,30H,4-10,14,16,18-19,22H2,1-3H3,(H,33,34). The number of aliphatic carboxylic acids is 1. The summed E-state index contributed by atoms with van der Waals surface area (Å²) < 4.78 is 0. The molecule has 2 N–H and O–H groups in total. The van der Waals surface area contributed by atoms with E-state index in [1.165, 1.54) is 19.3 Å². The molecule has 2 aromatic rings. The third-order valence-electron chi connectivity index (χ3n) is 6.13. The molecule has 0 heterocycles. The lowest BCUT2D eigenvalue weighted by Crippen LogP contribution is -2.25. The fourth-order valence-electron chi connectivity index (χ4n) is 4.07. The number of hydrogen-bond acceptors (Lipinski definition) is 3. The van der Waals surface area contributed by atoms with Gasteiger partial charge in [0.1, 0.15) is 0 Å². The Morgan fingerprint density at radius 1 is 0.882 bits per heavy atom. The van der Waals surface area contributed by atoms with Crippen molar-refractivity contribution in [3.8, 4) is 11.1 Å². The van der Waals surface area contributed by atoms with Crippen molar-refractivity contribution in [3.05, 3.63) is 53.6 Å². The van der Waals surface area contributed by atoms with E-state index in [1.807, 2.05) is 24.1 Å². The first-order valence-corrected chi connectivity index (χ1v) is 12.9. The maximum absolute atomic E-state index is 12.6. The number of aryl methyl sites for hydroxylation is 1. The van der Waals surface area contributed by atoms with Crippen molar-refractivity contribution in [3.63, 3.8) is 0 Å². The zero-order chi connectivity index (χ0) is 24.8. The average molecular weight is 467 g/mol. The summed E-state index contributed by atoms with van der Waals surface area (Å²) in [4.78, 5) is 25.4. The number of carbonyl (C=O) groups is 2. The molecule has 2 aromatic carbocycles. The van der Waals surface area contributed by atoms with E-state index in [4.69, 9.17) is 5.11 Å². The van der Waals surface area contributed by atoms with Gasteiger partial charge < -0.3 is 15.3 Å². The van der Waals surface area contributed by atoms with Crippen molar-refractivity contribution >= 4 is 17.6 Å². The van der Waals surface area contributed by atoms with Crippen LogP contribution >= 0.6 is 0 Å². The highest BCUT2D eigenvalue weighted by atomic mass is 16.4. The average Bonchev–Trinajstić information content (AvgIpc) is 2.83. The molecular formula is C29H42N2O3. The Bertz CT molecular complexity index is 910. The molecule has 0 fully saturated rings. The number of nitrogens with one attached hydrogen (secondary N) is 1. The molecule has 5 nitrogen and oxygen atoms in total. The fraction of sp³-hybridized carbons (Fsp3) is 0.517. The van der Waals surface area contributed by atoms with Crippen LogP contribution in [0, 0.1) is 0 Å². The Hall–Kier alpha value is -2.82. The Kier molecular flexibility index (Phi) is 12.2. The van der Waals surface area contributed by atoms with Crippen LogP contribution in [0.3, 0.4) is 0 Å². The molecule has 5 heteroatoms. The van der Waals surface area contributed by atoms with Crippen LogP contribution in [0.2, 0.25) is 0 Å². The molecule has 0 saturated heterocycles. The molecule has 1 amide bonds. The summed E-state index contributed by atoms with van der Waals surface area (Å²) in [6, 6.07) is 14.5. The molecule has 0 unspecified atom stereocenters. The molecule has 186 valence electrons. The molecule has 0 radical (unpaired) electrons. The number of hydrogen-bond donors (Lipinski definition) is 2. The number of rotatable bonds is 16. The van der Waals surface area contributed by atoms with E-state index in [0.717, 1.165) is 60.2 Å². The van der Waals surface area contributed by atoms with Gasteiger partial charge >= 0.3 is 5.97 Å². The molecule has 0 aliphatic carbocycles.